The van der Waals surface area contributed by atoms with Crippen LogP contribution in [0.25, 0.3) is 0 Å². The lowest BCUT2D eigenvalue weighted by Crippen LogP contribution is -2.29. The summed E-state index contributed by atoms with van der Waals surface area (Å²) < 4.78 is 10.6. The van der Waals surface area contributed by atoms with E-state index in [-0.39, 0.29) is 6.10 Å². The highest BCUT2D eigenvalue weighted by atomic mass is 35.5. The van der Waals surface area contributed by atoms with Crippen molar-refractivity contribution in [2.24, 2.45) is 0 Å². The highest BCUT2D eigenvalue weighted by molar-refractivity contribution is 6.31. The van der Waals surface area contributed by atoms with Gasteiger partial charge < -0.3 is 19.5 Å². The number of nitrogens with zero attached hydrogens (tertiary/aromatic N) is 2. The first-order valence-corrected chi connectivity index (χ1v) is 5.82. The molecule has 1 aliphatic heterocycles. The molecule has 18 heavy (non-hydrogen) atoms. The third kappa shape index (κ3) is 2.76. The van der Waals surface area contributed by atoms with Crippen LogP contribution < -0.4 is 9.47 Å². The van der Waals surface area contributed by atoms with Crippen molar-refractivity contribution >= 4 is 17.7 Å². The first-order chi connectivity index (χ1) is 8.60. The maximum absolute atomic E-state index is 10.8. The molecule has 1 N–H and O–H groups in total. The predicted molar refractivity (Wildman–Crippen MR) is 64.4 cm³/mol. The van der Waals surface area contributed by atoms with Gasteiger partial charge in [0.1, 0.15) is 16.9 Å². The number of amides is 1. The van der Waals surface area contributed by atoms with E-state index in [0.717, 1.165) is 0 Å². The third-order valence-corrected chi connectivity index (χ3v) is 2.96. The molecule has 0 saturated carbocycles. The average molecular weight is 273 g/mol. The second kappa shape index (κ2) is 5.30. The first kappa shape index (κ1) is 12.8. The Balaban J connectivity index is 1.98. The summed E-state index contributed by atoms with van der Waals surface area (Å²) in [5.41, 5.74) is 0. The summed E-state index contributed by atoms with van der Waals surface area (Å²) in [4.78, 5) is 16.1. The molecule has 0 aliphatic carbocycles. The van der Waals surface area contributed by atoms with Gasteiger partial charge in [0, 0.05) is 19.0 Å². The van der Waals surface area contributed by atoms with Crippen molar-refractivity contribution in [3.8, 4) is 11.6 Å². The Morgan fingerprint density at radius 2 is 2.44 bits per heavy atom. The van der Waals surface area contributed by atoms with Crippen LogP contribution in [0.5, 0.6) is 11.6 Å². The molecule has 6 nitrogen and oxygen atoms in total. The van der Waals surface area contributed by atoms with Gasteiger partial charge in [-0.05, 0) is 0 Å². The molecular weight excluding hydrogens is 260 g/mol. The minimum absolute atomic E-state index is 0.160. The Morgan fingerprint density at radius 1 is 1.67 bits per heavy atom. The maximum atomic E-state index is 10.8. The first-order valence-electron chi connectivity index (χ1n) is 5.44. The lowest BCUT2D eigenvalue weighted by atomic mass is 10.3. The van der Waals surface area contributed by atoms with Crippen LogP contribution in [0.1, 0.15) is 6.42 Å². The molecule has 0 radical (unpaired) electrons. The number of carboxylic acid groups (broad SMARTS) is 1. The van der Waals surface area contributed by atoms with Gasteiger partial charge in [0.2, 0.25) is 5.88 Å². The van der Waals surface area contributed by atoms with E-state index in [2.05, 4.69) is 4.98 Å². The van der Waals surface area contributed by atoms with E-state index in [1.165, 1.54) is 18.2 Å². The summed E-state index contributed by atoms with van der Waals surface area (Å²) in [5.74, 6) is 0.848. The molecule has 7 heteroatoms. The molecule has 1 amide bonds. The fourth-order valence-electron chi connectivity index (χ4n) is 1.81. The number of hydrogen-bond acceptors (Lipinski definition) is 4. The Bertz CT molecular complexity index is 455. The molecule has 0 spiro atoms. The lowest BCUT2D eigenvalue weighted by molar-refractivity contribution is 0.145. The van der Waals surface area contributed by atoms with Crippen molar-refractivity contribution in [1.29, 1.82) is 0 Å². The number of aromatic nitrogens is 1. The highest BCUT2D eigenvalue weighted by Crippen LogP contribution is 2.27. The van der Waals surface area contributed by atoms with E-state index in [1.807, 2.05) is 0 Å². The fraction of sp³-hybridized carbons (Fsp3) is 0.455. The standard InChI is InChI=1S/C11H13ClN2O4/c1-17-10-9(12)4-8(5-13-10)18-7-2-3-14(6-7)11(15)16/h4-5,7H,2-3,6H2,1H3,(H,15,16)/t7-/m0/s1. The Morgan fingerprint density at radius 3 is 3.00 bits per heavy atom. The van der Waals surface area contributed by atoms with E-state index < -0.39 is 6.09 Å². The van der Waals surface area contributed by atoms with E-state index in [1.54, 1.807) is 6.07 Å². The van der Waals surface area contributed by atoms with Gasteiger partial charge in [-0.2, -0.15) is 0 Å². The molecule has 2 rings (SSSR count). The number of carbonyl (C=O) groups is 1. The molecule has 2 heterocycles. The molecule has 1 aromatic heterocycles. The van der Waals surface area contributed by atoms with E-state index in [9.17, 15) is 4.79 Å². The molecule has 1 aromatic rings. The number of halogens is 1. The van der Waals surface area contributed by atoms with Crippen molar-refractivity contribution < 1.29 is 19.4 Å². The molecule has 1 aliphatic rings. The summed E-state index contributed by atoms with van der Waals surface area (Å²) in [6.45, 7) is 0.844. The number of methoxy groups -OCH3 is 1. The molecule has 1 fully saturated rings. The quantitative estimate of drug-likeness (QED) is 0.909. The third-order valence-electron chi connectivity index (χ3n) is 2.69. The molecular formula is C11H13ClN2O4. The summed E-state index contributed by atoms with van der Waals surface area (Å²) in [7, 11) is 1.48. The van der Waals surface area contributed by atoms with Crippen LogP contribution >= 0.6 is 11.6 Å². The number of rotatable bonds is 3. The van der Waals surface area contributed by atoms with Gasteiger partial charge in [-0.15, -0.1) is 0 Å². The largest absolute Gasteiger partial charge is 0.487 e. The average Bonchev–Trinajstić information content (AvgIpc) is 2.78. The Labute approximate surface area is 109 Å². The van der Waals surface area contributed by atoms with Gasteiger partial charge >= 0.3 is 6.09 Å². The van der Waals surface area contributed by atoms with Gasteiger partial charge in [-0.25, -0.2) is 9.78 Å². The number of likely N-dealkylation sites (tertiary alicyclic amines) is 1. The summed E-state index contributed by atoms with van der Waals surface area (Å²) in [5, 5.41) is 9.19. The summed E-state index contributed by atoms with van der Waals surface area (Å²) >= 11 is 5.92. The maximum Gasteiger partial charge on any atom is 0.407 e. The lowest BCUT2D eigenvalue weighted by Gasteiger charge is -2.14. The normalized spacial score (nSPS) is 18.8. The minimum atomic E-state index is -0.924. The van der Waals surface area contributed by atoms with Gasteiger partial charge in [-0.1, -0.05) is 11.6 Å². The van der Waals surface area contributed by atoms with Crippen LogP contribution in [0.2, 0.25) is 5.02 Å². The van der Waals surface area contributed by atoms with Gasteiger partial charge in [0.05, 0.1) is 19.9 Å². The molecule has 98 valence electrons. The van der Waals surface area contributed by atoms with E-state index >= 15 is 0 Å². The fourth-order valence-corrected chi connectivity index (χ4v) is 2.05. The van der Waals surface area contributed by atoms with Crippen molar-refractivity contribution in [3.05, 3.63) is 17.3 Å². The van der Waals surface area contributed by atoms with Gasteiger partial charge in [0.15, 0.2) is 0 Å². The summed E-state index contributed by atoms with van der Waals surface area (Å²) in [6.07, 6.45) is 1.09. The zero-order valence-corrected chi connectivity index (χ0v) is 10.6. The second-order valence-electron chi connectivity index (χ2n) is 3.92. The molecule has 1 saturated heterocycles. The van der Waals surface area contributed by atoms with E-state index in [0.29, 0.717) is 36.2 Å². The second-order valence-corrected chi connectivity index (χ2v) is 4.33. The molecule has 1 atom stereocenters. The van der Waals surface area contributed by atoms with Crippen LogP contribution in [-0.2, 0) is 0 Å². The monoisotopic (exact) mass is 272 g/mol. The van der Waals surface area contributed by atoms with Crippen LogP contribution in [0, 0.1) is 0 Å². The van der Waals surface area contributed by atoms with Crippen molar-refractivity contribution in [2.45, 2.75) is 12.5 Å². The van der Waals surface area contributed by atoms with Crippen LogP contribution in [0.4, 0.5) is 4.79 Å². The molecule has 0 bridgehead atoms. The van der Waals surface area contributed by atoms with Crippen LogP contribution in [0.15, 0.2) is 12.3 Å². The van der Waals surface area contributed by atoms with Crippen molar-refractivity contribution in [2.75, 3.05) is 20.2 Å². The van der Waals surface area contributed by atoms with Crippen LogP contribution in [0.3, 0.4) is 0 Å². The molecule has 0 aromatic carbocycles. The zero-order valence-electron chi connectivity index (χ0n) is 9.80. The minimum Gasteiger partial charge on any atom is -0.487 e. The molecule has 0 unspecified atom stereocenters. The van der Waals surface area contributed by atoms with Crippen molar-refractivity contribution in [1.82, 2.24) is 9.88 Å². The van der Waals surface area contributed by atoms with Crippen molar-refractivity contribution in [3.63, 3.8) is 0 Å². The smallest absolute Gasteiger partial charge is 0.407 e. The number of pyridine rings is 1. The van der Waals surface area contributed by atoms with Gasteiger partial charge in [0.25, 0.3) is 0 Å². The zero-order chi connectivity index (χ0) is 13.1. The Kier molecular flexibility index (Phi) is 3.76. The Hall–Kier alpha value is -1.69. The number of ether oxygens (including phenoxy) is 2. The van der Waals surface area contributed by atoms with E-state index in [4.69, 9.17) is 26.2 Å². The predicted octanol–water partition coefficient (Wildman–Crippen LogP) is 1.87. The summed E-state index contributed by atoms with van der Waals surface area (Å²) in [6, 6.07) is 1.61. The topological polar surface area (TPSA) is 71.9 Å². The van der Waals surface area contributed by atoms with Gasteiger partial charge in [-0.3, -0.25) is 0 Å². The highest BCUT2D eigenvalue weighted by Gasteiger charge is 2.27. The SMILES string of the molecule is COc1ncc(O[C@H]2CCN(C(=O)O)C2)cc1Cl. The number of hydrogen-bond donors (Lipinski definition) is 1. The van der Waals surface area contributed by atoms with Crippen LogP contribution in [-0.4, -0.2) is 47.4 Å².